The van der Waals surface area contributed by atoms with E-state index in [4.69, 9.17) is 0 Å². The molecular weight excluding hydrogens is 350 g/mol. The Morgan fingerprint density at radius 1 is 1.29 bits per heavy atom. The van der Waals surface area contributed by atoms with E-state index in [2.05, 4.69) is 31.9 Å². The second-order valence-corrected chi connectivity index (χ2v) is 6.11. The number of likely N-dealkylation sites (tertiary alicyclic amines) is 1. The van der Waals surface area contributed by atoms with Crippen LogP contribution in [0.4, 0.5) is 0 Å². The van der Waals surface area contributed by atoms with Crippen LogP contribution in [-0.4, -0.2) is 23.3 Å². The molecule has 1 aromatic rings. The zero-order valence-corrected chi connectivity index (χ0v) is 12.4. The van der Waals surface area contributed by atoms with Gasteiger partial charge in [-0.3, -0.25) is 14.5 Å². The fourth-order valence-electron chi connectivity index (χ4n) is 1.92. The minimum absolute atomic E-state index is 0.0846. The molecule has 0 spiro atoms. The predicted molar refractivity (Wildman–Crippen MR) is 71.7 cm³/mol. The average Bonchev–Trinajstić information content (AvgIpc) is 2.55. The fraction of sp³-hybridized carbons (Fsp3) is 0.333. The maximum atomic E-state index is 12.2. The number of nitrogens with zero attached hydrogens (tertiary/aromatic N) is 1. The van der Waals surface area contributed by atoms with Crippen molar-refractivity contribution in [3.63, 3.8) is 0 Å². The highest BCUT2D eigenvalue weighted by Gasteiger charge is 2.31. The van der Waals surface area contributed by atoms with Crippen molar-refractivity contribution in [1.82, 2.24) is 4.90 Å². The van der Waals surface area contributed by atoms with Gasteiger partial charge in [0.2, 0.25) is 5.91 Å². The molecule has 0 bridgehead atoms. The number of halogens is 2. The van der Waals surface area contributed by atoms with Gasteiger partial charge in [0.1, 0.15) is 0 Å². The van der Waals surface area contributed by atoms with Crippen LogP contribution in [0, 0.1) is 5.92 Å². The quantitative estimate of drug-likeness (QED) is 0.721. The van der Waals surface area contributed by atoms with Crippen molar-refractivity contribution < 1.29 is 9.59 Å². The highest BCUT2D eigenvalue weighted by atomic mass is 79.9. The van der Waals surface area contributed by atoms with Gasteiger partial charge >= 0.3 is 0 Å². The largest absolute Gasteiger partial charge is 0.278 e. The Morgan fingerprint density at radius 3 is 2.35 bits per heavy atom. The van der Waals surface area contributed by atoms with Gasteiger partial charge in [-0.25, -0.2) is 0 Å². The Balaban J connectivity index is 2.28. The van der Waals surface area contributed by atoms with E-state index in [1.165, 1.54) is 4.90 Å². The number of imide groups is 1. The molecule has 90 valence electrons. The summed E-state index contributed by atoms with van der Waals surface area (Å²) in [6.07, 6.45) is 0.459. The summed E-state index contributed by atoms with van der Waals surface area (Å²) in [5.41, 5.74) is 0.522. The lowest BCUT2D eigenvalue weighted by atomic mass is 10.2. The second kappa shape index (κ2) is 4.90. The number of hydrogen-bond acceptors (Lipinski definition) is 2. The first-order valence-electron chi connectivity index (χ1n) is 5.28. The molecule has 1 fully saturated rings. The minimum atomic E-state index is -0.221. The molecule has 2 rings (SSSR count). The maximum absolute atomic E-state index is 12.2. The van der Waals surface area contributed by atoms with Gasteiger partial charge in [0.05, 0.1) is 0 Å². The van der Waals surface area contributed by atoms with Crippen molar-refractivity contribution in [3.8, 4) is 0 Å². The SMILES string of the molecule is CC1CC(=O)N(C(=O)c2cc(Br)cc(Br)c2)C1. The Kier molecular flexibility index (Phi) is 3.68. The van der Waals surface area contributed by atoms with Crippen molar-refractivity contribution in [3.05, 3.63) is 32.7 Å². The second-order valence-electron chi connectivity index (χ2n) is 4.28. The van der Waals surface area contributed by atoms with Gasteiger partial charge in [0, 0.05) is 27.5 Å². The molecule has 1 aliphatic rings. The summed E-state index contributed by atoms with van der Waals surface area (Å²) in [6.45, 7) is 2.49. The smallest absolute Gasteiger partial charge is 0.260 e. The van der Waals surface area contributed by atoms with E-state index in [1.54, 1.807) is 12.1 Å². The van der Waals surface area contributed by atoms with E-state index in [-0.39, 0.29) is 17.7 Å². The molecule has 1 atom stereocenters. The van der Waals surface area contributed by atoms with Crippen LogP contribution in [0.15, 0.2) is 27.1 Å². The van der Waals surface area contributed by atoms with Crippen molar-refractivity contribution in [1.29, 1.82) is 0 Å². The zero-order valence-electron chi connectivity index (χ0n) is 9.24. The molecule has 5 heteroatoms. The van der Waals surface area contributed by atoms with Gasteiger partial charge < -0.3 is 0 Å². The molecular formula is C12H11Br2NO2. The average molecular weight is 361 g/mol. The summed E-state index contributed by atoms with van der Waals surface area (Å²) in [6, 6.07) is 5.30. The Morgan fingerprint density at radius 2 is 1.88 bits per heavy atom. The number of amides is 2. The Bertz CT molecular complexity index is 467. The number of carbonyl (C=O) groups is 2. The number of rotatable bonds is 1. The van der Waals surface area contributed by atoms with Gasteiger partial charge in [-0.1, -0.05) is 38.8 Å². The lowest BCUT2D eigenvalue weighted by Gasteiger charge is -2.14. The van der Waals surface area contributed by atoms with Crippen molar-refractivity contribution in [2.24, 2.45) is 5.92 Å². The topological polar surface area (TPSA) is 37.4 Å². The molecule has 0 aromatic heterocycles. The highest BCUT2D eigenvalue weighted by molar-refractivity contribution is 9.11. The highest BCUT2D eigenvalue weighted by Crippen LogP contribution is 2.24. The molecule has 1 unspecified atom stereocenters. The standard InChI is InChI=1S/C12H11Br2NO2/c1-7-2-11(16)15(6-7)12(17)8-3-9(13)5-10(14)4-8/h3-5,7H,2,6H2,1H3. The third kappa shape index (κ3) is 2.77. The normalized spacial score (nSPS) is 19.8. The third-order valence-electron chi connectivity index (χ3n) is 2.67. The molecule has 2 amide bonds. The van der Waals surface area contributed by atoms with Gasteiger partial charge in [-0.15, -0.1) is 0 Å². The Labute approximate surface area is 116 Å². The Hall–Kier alpha value is -0.680. The molecule has 0 radical (unpaired) electrons. The molecule has 3 nitrogen and oxygen atoms in total. The maximum Gasteiger partial charge on any atom is 0.260 e. The predicted octanol–water partition coefficient (Wildman–Crippen LogP) is 3.22. The van der Waals surface area contributed by atoms with Crippen molar-refractivity contribution in [2.45, 2.75) is 13.3 Å². The summed E-state index contributed by atoms with van der Waals surface area (Å²) in [7, 11) is 0. The van der Waals surface area contributed by atoms with E-state index in [0.29, 0.717) is 18.5 Å². The first kappa shape index (κ1) is 12.8. The van der Waals surface area contributed by atoms with Crippen molar-refractivity contribution >= 4 is 43.7 Å². The van der Waals surface area contributed by atoms with Crippen LogP contribution in [0.25, 0.3) is 0 Å². The lowest BCUT2D eigenvalue weighted by Crippen LogP contribution is -2.32. The summed E-state index contributed by atoms with van der Waals surface area (Å²) in [4.78, 5) is 25.2. The van der Waals surface area contributed by atoms with Crippen LogP contribution in [0.5, 0.6) is 0 Å². The first-order chi connectivity index (χ1) is 7.97. The van der Waals surface area contributed by atoms with E-state index < -0.39 is 0 Å². The molecule has 0 N–H and O–H groups in total. The number of benzene rings is 1. The van der Waals surface area contributed by atoms with E-state index in [9.17, 15) is 9.59 Å². The van der Waals surface area contributed by atoms with Gasteiger partial charge in [0.25, 0.3) is 5.91 Å². The number of carbonyl (C=O) groups excluding carboxylic acids is 2. The molecule has 0 aliphatic carbocycles. The van der Waals surface area contributed by atoms with Crippen LogP contribution >= 0.6 is 31.9 Å². The fourth-order valence-corrected chi connectivity index (χ4v) is 3.21. The molecule has 0 saturated carbocycles. The minimum Gasteiger partial charge on any atom is -0.278 e. The molecule has 1 heterocycles. The number of hydrogen-bond donors (Lipinski definition) is 0. The van der Waals surface area contributed by atoms with Crippen LogP contribution < -0.4 is 0 Å². The van der Waals surface area contributed by atoms with Crippen LogP contribution in [0.2, 0.25) is 0 Å². The van der Waals surface area contributed by atoms with E-state index in [1.807, 2.05) is 13.0 Å². The molecule has 17 heavy (non-hydrogen) atoms. The molecule has 1 aromatic carbocycles. The summed E-state index contributed by atoms with van der Waals surface area (Å²) >= 11 is 6.66. The molecule has 1 saturated heterocycles. The molecule has 1 aliphatic heterocycles. The van der Waals surface area contributed by atoms with E-state index >= 15 is 0 Å². The zero-order chi connectivity index (χ0) is 12.6. The van der Waals surface area contributed by atoms with Crippen LogP contribution in [0.3, 0.4) is 0 Å². The first-order valence-corrected chi connectivity index (χ1v) is 6.87. The van der Waals surface area contributed by atoms with Gasteiger partial charge in [0.15, 0.2) is 0 Å². The van der Waals surface area contributed by atoms with Crippen molar-refractivity contribution in [2.75, 3.05) is 6.54 Å². The summed E-state index contributed by atoms with van der Waals surface area (Å²) in [5.74, 6) is -0.0537. The van der Waals surface area contributed by atoms with Gasteiger partial charge in [-0.2, -0.15) is 0 Å². The monoisotopic (exact) mass is 359 g/mol. The van der Waals surface area contributed by atoms with Crippen LogP contribution in [0.1, 0.15) is 23.7 Å². The van der Waals surface area contributed by atoms with Gasteiger partial charge in [-0.05, 0) is 24.1 Å². The summed E-state index contributed by atoms with van der Waals surface area (Å²) in [5, 5.41) is 0. The summed E-state index contributed by atoms with van der Waals surface area (Å²) < 4.78 is 1.63. The lowest BCUT2D eigenvalue weighted by molar-refractivity contribution is -0.125. The third-order valence-corrected chi connectivity index (χ3v) is 3.59. The van der Waals surface area contributed by atoms with Crippen LogP contribution in [-0.2, 0) is 4.79 Å². The van der Waals surface area contributed by atoms with E-state index in [0.717, 1.165) is 8.95 Å².